The van der Waals surface area contributed by atoms with Crippen LogP contribution in [0.15, 0.2) is 65.4 Å². The van der Waals surface area contributed by atoms with E-state index in [1.165, 1.54) is 0 Å². The quantitative estimate of drug-likeness (QED) is 0.774. The molecular weight excluding hydrogens is 312 g/mol. The average molecular weight is 327 g/mol. The van der Waals surface area contributed by atoms with Crippen molar-refractivity contribution in [3.63, 3.8) is 0 Å². The van der Waals surface area contributed by atoms with Gasteiger partial charge in [-0.05, 0) is 29.8 Å². The number of amides is 1. The second kappa shape index (κ2) is 7.11. The SMILES string of the molecule is O=C(Cc1ccccc1Cl)NCc1cccnc1-c1ccco1. The van der Waals surface area contributed by atoms with Crippen molar-refractivity contribution in [2.45, 2.75) is 13.0 Å². The molecule has 1 amide bonds. The van der Waals surface area contributed by atoms with Crippen LogP contribution in [-0.4, -0.2) is 10.9 Å². The van der Waals surface area contributed by atoms with E-state index in [0.29, 0.717) is 17.3 Å². The van der Waals surface area contributed by atoms with Crippen molar-refractivity contribution in [2.24, 2.45) is 0 Å². The third kappa shape index (κ3) is 3.79. The minimum atomic E-state index is -0.0904. The van der Waals surface area contributed by atoms with Crippen molar-refractivity contribution in [1.29, 1.82) is 0 Å². The van der Waals surface area contributed by atoms with Crippen LogP contribution in [-0.2, 0) is 17.8 Å². The zero-order chi connectivity index (χ0) is 16.1. The summed E-state index contributed by atoms with van der Waals surface area (Å²) in [6.07, 6.45) is 3.55. The molecule has 2 heterocycles. The molecule has 116 valence electrons. The molecule has 4 nitrogen and oxygen atoms in total. The van der Waals surface area contributed by atoms with E-state index in [1.54, 1.807) is 18.5 Å². The van der Waals surface area contributed by atoms with Crippen molar-refractivity contribution in [3.05, 3.63) is 77.1 Å². The first-order chi connectivity index (χ1) is 11.2. The van der Waals surface area contributed by atoms with Crippen LogP contribution in [0, 0.1) is 0 Å². The molecule has 0 spiro atoms. The molecule has 0 saturated carbocycles. The number of aromatic nitrogens is 1. The number of hydrogen-bond acceptors (Lipinski definition) is 3. The van der Waals surface area contributed by atoms with Gasteiger partial charge in [-0.2, -0.15) is 0 Å². The van der Waals surface area contributed by atoms with Crippen LogP contribution < -0.4 is 5.32 Å². The van der Waals surface area contributed by atoms with Crippen molar-refractivity contribution in [2.75, 3.05) is 0 Å². The predicted molar refractivity (Wildman–Crippen MR) is 88.9 cm³/mol. The normalized spacial score (nSPS) is 10.5. The molecule has 0 bridgehead atoms. The second-order valence-electron chi connectivity index (χ2n) is 5.03. The first-order valence-electron chi connectivity index (χ1n) is 7.22. The fourth-order valence-electron chi connectivity index (χ4n) is 2.29. The van der Waals surface area contributed by atoms with Gasteiger partial charge >= 0.3 is 0 Å². The maximum atomic E-state index is 12.1. The fraction of sp³-hybridized carbons (Fsp3) is 0.111. The van der Waals surface area contributed by atoms with Crippen LogP contribution in [0.2, 0.25) is 5.02 Å². The predicted octanol–water partition coefficient (Wildman–Crippen LogP) is 3.85. The number of hydrogen-bond donors (Lipinski definition) is 1. The highest BCUT2D eigenvalue weighted by Crippen LogP contribution is 2.21. The molecule has 0 fully saturated rings. The highest BCUT2D eigenvalue weighted by atomic mass is 35.5. The summed E-state index contributed by atoms with van der Waals surface area (Å²) in [7, 11) is 0. The first kappa shape index (κ1) is 15.3. The molecule has 3 rings (SSSR count). The van der Waals surface area contributed by atoms with Crippen molar-refractivity contribution in [3.8, 4) is 11.5 Å². The molecule has 1 aromatic carbocycles. The Bertz CT molecular complexity index is 800. The number of furan rings is 1. The lowest BCUT2D eigenvalue weighted by molar-refractivity contribution is -0.120. The van der Waals surface area contributed by atoms with E-state index in [0.717, 1.165) is 16.8 Å². The maximum absolute atomic E-state index is 12.1. The summed E-state index contributed by atoms with van der Waals surface area (Å²) in [5, 5.41) is 3.50. The molecule has 0 unspecified atom stereocenters. The van der Waals surface area contributed by atoms with Gasteiger partial charge in [-0.25, -0.2) is 0 Å². The standard InChI is InChI=1S/C18H15ClN2O2/c19-15-7-2-1-5-13(15)11-17(22)21-12-14-6-3-9-20-18(14)16-8-4-10-23-16/h1-10H,11-12H2,(H,21,22). The van der Waals surface area contributed by atoms with Crippen LogP contribution in [0.1, 0.15) is 11.1 Å². The van der Waals surface area contributed by atoms with Crippen molar-refractivity contribution >= 4 is 17.5 Å². The van der Waals surface area contributed by atoms with Crippen LogP contribution in [0.25, 0.3) is 11.5 Å². The maximum Gasteiger partial charge on any atom is 0.224 e. The topological polar surface area (TPSA) is 55.1 Å². The fourth-order valence-corrected chi connectivity index (χ4v) is 2.49. The number of benzene rings is 1. The van der Waals surface area contributed by atoms with Gasteiger partial charge in [0.05, 0.1) is 12.7 Å². The van der Waals surface area contributed by atoms with Gasteiger partial charge in [0, 0.05) is 23.3 Å². The van der Waals surface area contributed by atoms with E-state index in [1.807, 2.05) is 42.5 Å². The molecule has 1 N–H and O–H groups in total. The van der Waals surface area contributed by atoms with Crippen LogP contribution in [0.3, 0.4) is 0 Å². The lowest BCUT2D eigenvalue weighted by Gasteiger charge is -2.09. The van der Waals surface area contributed by atoms with E-state index in [4.69, 9.17) is 16.0 Å². The Hall–Kier alpha value is -2.59. The van der Waals surface area contributed by atoms with E-state index >= 15 is 0 Å². The Labute approximate surface area is 139 Å². The molecule has 0 radical (unpaired) electrons. The number of nitrogens with one attached hydrogen (secondary N) is 1. The van der Waals surface area contributed by atoms with E-state index in [-0.39, 0.29) is 12.3 Å². The Morgan fingerprint density at radius 2 is 1.91 bits per heavy atom. The minimum Gasteiger partial charge on any atom is -0.463 e. The molecule has 0 aliphatic heterocycles. The summed E-state index contributed by atoms with van der Waals surface area (Å²) in [6, 6.07) is 14.7. The highest BCUT2D eigenvalue weighted by molar-refractivity contribution is 6.31. The molecule has 0 saturated heterocycles. The van der Waals surface area contributed by atoms with Gasteiger partial charge in [-0.15, -0.1) is 0 Å². The van der Waals surface area contributed by atoms with Gasteiger partial charge in [0.2, 0.25) is 5.91 Å². The third-order valence-corrected chi connectivity index (χ3v) is 3.80. The van der Waals surface area contributed by atoms with Gasteiger partial charge in [0.25, 0.3) is 0 Å². The zero-order valence-electron chi connectivity index (χ0n) is 12.3. The van der Waals surface area contributed by atoms with Crippen molar-refractivity contribution in [1.82, 2.24) is 10.3 Å². The van der Waals surface area contributed by atoms with Gasteiger partial charge in [0.15, 0.2) is 5.76 Å². The summed E-state index contributed by atoms with van der Waals surface area (Å²) in [5.41, 5.74) is 2.44. The van der Waals surface area contributed by atoms with Crippen LogP contribution >= 0.6 is 11.6 Å². The molecular formula is C18H15ClN2O2. The number of rotatable bonds is 5. The van der Waals surface area contributed by atoms with E-state index in [2.05, 4.69) is 10.3 Å². The Morgan fingerprint density at radius 3 is 2.70 bits per heavy atom. The number of halogens is 1. The van der Waals surface area contributed by atoms with E-state index in [9.17, 15) is 4.79 Å². The van der Waals surface area contributed by atoms with E-state index < -0.39 is 0 Å². The highest BCUT2D eigenvalue weighted by Gasteiger charge is 2.11. The van der Waals surface area contributed by atoms with Gasteiger partial charge < -0.3 is 9.73 Å². The van der Waals surface area contributed by atoms with Gasteiger partial charge in [-0.1, -0.05) is 35.9 Å². The summed E-state index contributed by atoms with van der Waals surface area (Å²) in [6.45, 7) is 0.382. The summed E-state index contributed by atoms with van der Waals surface area (Å²) < 4.78 is 5.39. The lowest BCUT2D eigenvalue weighted by atomic mass is 10.1. The number of carbonyl (C=O) groups excluding carboxylic acids is 1. The molecule has 3 aromatic rings. The Balaban J connectivity index is 1.67. The zero-order valence-corrected chi connectivity index (χ0v) is 13.1. The molecule has 0 aliphatic rings. The number of nitrogens with zero attached hydrogens (tertiary/aromatic N) is 1. The van der Waals surface area contributed by atoms with Gasteiger partial charge in [0.1, 0.15) is 5.69 Å². The summed E-state index contributed by atoms with van der Waals surface area (Å²) >= 11 is 6.08. The monoisotopic (exact) mass is 326 g/mol. The molecule has 2 aromatic heterocycles. The molecule has 0 atom stereocenters. The minimum absolute atomic E-state index is 0.0904. The number of pyridine rings is 1. The van der Waals surface area contributed by atoms with Crippen LogP contribution in [0.5, 0.6) is 0 Å². The number of carbonyl (C=O) groups is 1. The summed E-state index contributed by atoms with van der Waals surface area (Å²) in [5.74, 6) is 0.591. The third-order valence-electron chi connectivity index (χ3n) is 3.43. The lowest BCUT2D eigenvalue weighted by Crippen LogP contribution is -2.25. The Kier molecular flexibility index (Phi) is 4.74. The van der Waals surface area contributed by atoms with Crippen molar-refractivity contribution < 1.29 is 9.21 Å². The smallest absolute Gasteiger partial charge is 0.224 e. The average Bonchev–Trinajstić information content (AvgIpc) is 3.10. The van der Waals surface area contributed by atoms with Crippen LogP contribution in [0.4, 0.5) is 0 Å². The molecule has 0 aliphatic carbocycles. The van der Waals surface area contributed by atoms with Gasteiger partial charge in [-0.3, -0.25) is 9.78 Å². The molecule has 5 heteroatoms. The largest absolute Gasteiger partial charge is 0.463 e. The first-order valence-corrected chi connectivity index (χ1v) is 7.59. The summed E-state index contributed by atoms with van der Waals surface area (Å²) in [4.78, 5) is 16.5. The Morgan fingerprint density at radius 1 is 1.09 bits per heavy atom. The molecule has 23 heavy (non-hydrogen) atoms. The second-order valence-corrected chi connectivity index (χ2v) is 5.44.